The van der Waals surface area contributed by atoms with Gasteiger partial charge >= 0.3 is 5.97 Å². The van der Waals surface area contributed by atoms with Crippen LogP contribution in [-0.4, -0.2) is 27.3 Å². The van der Waals surface area contributed by atoms with Crippen LogP contribution >= 0.6 is 0 Å². The second-order valence-electron chi connectivity index (χ2n) is 5.27. The smallest absolute Gasteiger partial charge is 0.339 e. The van der Waals surface area contributed by atoms with E-state index in [2.05, 4.69) is 10.1 Å². The molecule has 0 atom stereocenters. The van der Waals surface area contributed by atoms with Crippen LogP contribution in [0.5, 0.6) is 0 Å². The van der Waals surface area contributed by atoms with Crippen molar-refractivity contribution < 1.29 is 9.53 Å². The first-order valence-electron chi connectivity index (χ1n) is 7.77. The summed E-state index contributed by atoms with van der Waals surface area (Å²) in [5, 5.41) is 5.34. The molecular weight excluding hydrogens is 290 g/mol. The molecule has 0 radical (unpaired) electrons. The summed E-state index contributed by atoms with van der Waals surface area (Å²) >= 11 is 0. The van der Waals surface area contributed by atoms with E-state index in [1.54, 1.807) is 11.6 Å². The molecular formula is C18H19N3O2. The predicted octanol–water partition coefficient (Wildman–Crippen LogP) is 3.47. The maximum Gasteiger partial charge on any atom is 0.339 e. The molecule has 0 unspecified atom stereocenters. The Labute approximate surface area is 134 Å². The fourth-order valence-electron chi connectivity index (χ4n) is 2.64. The highest BCUT2D eigenvalue weighted by Gasteiger charge is 2.20. The number of pyridine rings is 1. The molecule has 5 nitrogen and oxygen atoms in total. The molecule has 0 amide bonds. The van der Waals surface area contributed by atoms with Gasteiger partial charge in [0.2, 0.25) is 0 Å². The normalized spacial score (nSPS) is 10.9. The van der Waals surface area contributed by atoms with Gasteiger partial charge in [-0.25, -0.2) is 14.5 Å². The van der Waals surface area contributed by atoms with Crippen LogP contribution in [0, 0.1) is 6.92 Å². The van der Waals surface area contributed by atoms with E-state index in [0.29, 0.717) is 17.8 Å². The van der Waals surface area contributed by atoms with E-state index in [1.165, 1.54) is 0 Å². The lowest BCUT2D eigenvalue weighted by molar-refractivity contribution is 0.0528. The van der Waals surface area contributed by atoms with Crippen molar-refractivity contribution in [1.82, 2.24) is 14.8 Å². The summed E-state index contributed by atoms with van der Waals surface area (Å²) in [4.78, 5) is 17.0. The number of carbonyl (C=O) groups is 1. The highest BCUT2D eigenvalue weighted by molar-refractivity contribution is 6.04. The van der Waals surface area contributed by atoms with E-state index < -0.39 is 0 Å². The molecule has 0 aliphatic heterocycles. The molecule has 3 rings (SSSR count). The van der Waals surface area contributed by atoms with E-state index in [9.17, 15) is 4.79 Å². The van der Waals surface area contributed by atoms with Crippen molar-refractivity contribution >= 4 is 17.0 Å². The first-order chi connectivity index (χ1) is 11.2. The number of para-hydroxylation sites is 1. The SMILES string of the molecule is CCOC(=O)c1cc(CC)nc2c1c(C)nn2-c1ccccc1. The van der Waals surface area contributed by atoms with E-state index in [0.717, 1.165) is 28.9 Å². The van der Waals surface area contributed by atoms with Gasteiger partial charge < -0.3 is 4.74 Å². The lowest BCUT2D eigenvalue weighted by atomic mass is 10.1. The summed E-state index contributed by atoms with van der Waals surface area (Å²) in [5.74, 6) is -0.328. The van der Waals surface area contributed by atoms with Crippen LogP contribution in [-0.2, 0) is 11.2 Å². The lowest BCUT2D eigenvalue weighted by Crippen LogP contribution is -2.08. The van der Waals surface area contributed by atoms with Crippen LogP contribution in [0.15, 0.2) is 36.4 Å². The minimum absolute atomic E-state index is 0.328. The molecule has 2 aromatic heterocycles. The first kappa shape index (κ1) is 15.2. The number of benzene rings is 1. The average molecular weight is 309 g/mol. The molecule has 5 heteroatoms. The van der Waals surface area contributed by atoms with Crippen LogP contribution in [0.3, 0.4) is 0 Å². The van der Waals surface area contributed by atoms with Gasteiger partial charge in [0.25, 0.3) is 0 Å². The van der Waals surface area contributed by atoms with Crippen molar-refractivity contribution in [2.75, 3.05) is 6.61 Å². The number of hydrogen-bond donors (Lipinski definition) is 0. The predicted molar refractivity (Wildman–Crippen MR) is 88.9 cm³/mol. The molecule has 0 bridgehead atoms. The van der Waals surface area contributed by atoms with E-state index >= 15 is 0 Å². The molecule has 0 fully saturated rings. The van der Waals surface area contributed by atoms with Crippen molar-refractivity contribution in [3.63, 3.8) is 0 Å². The Morgan fingerprint density at radius 2 is 1.96 bits per heavy atom. The Morgan fingerprint density at radius 1 is 1.22 bits per heavy atom. The Morgan fingerprint density at radius 3 is 2.61 bits per heavy atom. The maximum atomic E-state index is 12.3. The number of esters is 1. The van der Waals surface area contributed by atoms with Crippen molar-refractivity contribution in [1.29, 1.82) is 0 Å². The summed E-state index contributed by atoms with van der Waals surface area (Å²) in [6.07, 6.45) is 0.737. The van der Waals surface area contributed by atoms with Gasteiger partial charge in [-0.2, -0.15) is 5.10 Å². The fourth-order valence-corrected chi connectivity index (χ4v) is 2.64. The average Bonchev–Trinajstić information content (AvgIpc) is 2.92. The van der Waals surface area contributed by atoms with Gasteiger partial charge in [-0.05, 0) is 38.5 Å². The van der Waals surface area contributed by atoms with E-state index in [4.69, 9.17) is 4.74 Å². The number of fused-ring (bicyclic) bond motifs is 1. The summed E-state index contributed by atoms with van der Waals surface area (Å²) < 4.78 is 6.99. The molecule has 0 saturated heterocycles. The van der Waals surface area contributed by atoms with E-state index in [-0.39, 0.29) is 5.97 Å². The van der Waals surface area contributed by atoms with Gasteiger partial charge in [-0.1, -0.05) is 25.1 Å². The summed E-state index contributed by atoms with van der Waals surface area (Å²) in [6, 6.07) is 11.6. The number of carbonyl (C=O) groups excluding carboxylic acids is 1. The number of nitrogens with zero attached hydrogens (tertiary/aromatic N) is 3. The zero-order valence-corrected chi connectivity index (χ0v) is 13.5. The summed E-state index contributed by atoms with van der Waals surface area (Å²) in [7, 11) is 0. The lowest BCUT2D eigenvalue weighted by Gasteiger charge is -2.07. The highest BCUT2D eigenvalue weighted by atomic mass is 16.5. The molecule has 0 aliphatic rings. The van der Waals surface area contributed by atoms with Crippen LogP contribution in [0.1, 0.15) is 35.6 Å². The zero-order chi connectivity index (χ0) is 16.4. The molecule has 23 heavy (non-hydrogen) atoms. The van der Waals surface area contributed by atoms with Gasteiger partial charge in [-0.15, -0.1) is 0 Å². The Hall–Kier alpha value is -2.69. The minimum Gasteiger partial charge on any atom is -0.462 e. The van der Waals surface area contributed by atoms with Crippen molar-refractivity contribution in [3.8, 4) is 5.69 Å². The van der Waals surface area contributed by atoms with Gasteiger partial charge in [-0.3, -0.25) is 0 Å². The van der Waals surface area contributed by atoms with Crippen LogP contribution in [0.4, 0.5) is 0 Å². The van der Waals surface area contributed by atoms with Gasteiger partial charge in [0.05, 0.1) is 28.9 Å². The van der Waals surface area contributed by atoms with Crippen LogP contribution in [0.2, 0.25) is 0 Å². The standard InChI is InChI=1S/C18H19N3O2/c1-4-13-11-15(18(22)23-5-2)16-12(3)20-21(17(16)19-13)14-9-7-6-8-10-14/h6-11H,4-5H2,1-3H3. The monoisotopic (exact) mass is 309 g/mol. The molecule has 0 N–H and O–H groups in total. The third-order valence-electron chi connectivity index (χ3n) is 3.72. The largest absolute Gasteiger partial charge is 0.462 e. The van der Waals surface area contributed by atoms with Gasteiger partial charge in [0.15, 0.2) is 5.65 Å². The number of ether oxygens (including phenoxy) is 1. The summed E-state index contributed by atoms with van der Waals surface area (Å²) in [6.45, 7) is 6.05. The Balaban J connectivity index is 2.30. The van der Waals surface area contributed by atoms with Crippen LogP contribution < -0.4 is 0 Å². The Bertz CT molecular complexity index is 854. The number of hydrogen-bond acceptors (Lipinski definition) is 4. The first-order valence-corrected chi connectivity index (χ1v) is 7.77. The number of aromatic nitrogens is 3. The molecule has 3 aromatic rings. The Kier molecular flexibility index (Phi) is 4.10. The van der Waals surface area contributed by atoms with Crippen molar-refractivity contribution in [2.24, 2.45) is 0 Å². The second kappa shape index (κ2) is 6.20. The van der Waals surface area contributed by atoms with Crippen molar-refractivity contribution in [3.05, 3.63) is 53.3 Å². The quantitative estimate of drug-likeness (QED) is 0.692. The maximum absolute atomic E-state index is 12.3. The molecule has 0 spiro atoms. The summed E-state index contributed by atoms with van der Waals surface area (Å²) in [5.41, 5.74) is 3.75. The molecule has 1 aromatic carbocycles. The van der Waals surface area contributed by atoms with Crippen molar-refractivity contribution in [2.45, 2.75) is 27.2 Å². The number of aryl methyl sites for hydroxylation is 2. The van der Waals surface area contributed by atoms with Gasteiger partial charge in [0.1, 0.15) is 0 Å². The molecule has 2 heterocycles. The highest BCUT2D eigenvalue weighted by Crippen LogP contribution is 2.25. The minimum atomic E-state index is -0.328. The van der Waals surface area contributed by atoms with E-state index in [1.807, 2.05) is 50.2 Å². The van der Waals surface area contributed by atoms with Crippen LogP contribution in [0.25, 0.3) is 16.7 Å². The second-order valence-corrected chi connectivity index (χ2v) is 5.27. The zero-order valence-electron chi connectivity index (χ0n) is 13.5. The molecule has 0 aliphatic carbocycles. The van der Waals surface area contributed by atoms with Gasteiger partial charge in [0, 0.05) is 5.69 Å². The molecule has 0 saturated carbocycles. The third-order valence-corrected chi connectivity index (χ3v) is 3.72. The molecule has 118 valence electrons. The third kappa shape index (κ3) is 2.70. The number of rotatable bonds is 4. The topological polar surface area (TPSA) is 57.0 Å². The fraction of sp³-hybridized carbons (Fsp3) is 0.278.